The summed E-state index contributed by atoms with van der Waals surface area (Å²) >= 11 is 0. The summed E-state index contributed by atoms with van der Waals surface area (Å²) in [5.41, 5.74) is 12.5. The van der Waals surface area contributed by atoms with E-state index in [2.05, 4.69) is 198 Å². The summed E-state index contributed by atoms with van der Waals surface area (Å²) in [6.45, 7) is 13.5. The Labute approximate surface area is 335 Å². The second kappa shape index (κ2) is 13.5. The van der Waals surface area contributed by atoms with E-state index in [0.29, 0.717) is 11.8 Å². The van der Waals surface area contributed by atoms with E-state index in [1.54, 1.807) is 0 Å². The molecule has 1 atom stereocenters. The Balaban J connectivity index is 1.11. The smallest absolute Gasteiger partial charge is 0.160 e. The molecular weight excluding hydrogens is 689 g/mol. The van der Waals surface area contributed by atoms with Gasteiger partial charge in [0.25, 0.3) is 0 Å². The zero-order chi connectivity index (χ0) is 38.8. The van der Waals surface area contributed by atoms with Gasteiger partial charge in [0.05, 0.1) is 5.70 Å². The molecule has 57 heavy (non-hydrogen) atoms. The highest BCUT2D eigenvalue weighted by atomic mass is 14.9. The Morgan fingerprint density at radius 3 is 1.88 bits per heavy atom. The van der Waals surface area contributed by atoms with Gasteiger partial charge in [-0.3, -0.25) is 0 Å². The monoisotopic (exact) mass is 732 g/mol. The van der Waals surface area contributed by atoms with Crippen LogP contribution >= 0.6 is 0 Å². The van der Waals surface area contributed by atoms with E-state index in [0.717, 1.165) is 34.5 Å². The normalized spacial score (nSPS) is 16.3. The Morgan fingerprint density at radius 2 is 1.18 bits per heavy atom. The summed E-state index contributed by atoms with van der Waals surface area (Å²) in [5, 5.41) is 9.94. The van der Waals surface area contributed by atoms with E-state index >= 15 is 0 Å². The molecule has 0 saturated carbocycles. The number of hydrogen-bond acceptors (Lipinski definition) is 1. The van der Waals surface area contributed by atoms with Gasteiger partial charge in [-0.15, -0.1) is 0 Å². The average Bonchev–Trinajstić information content (AvgIpc) is 3.48. The van der Waals surface area contributed by atoms with Crippen molar-refractivity contribution in [2.75, 3.05) is 0 Å². The van der Waals surface area contributed by atoms with E-state index in [-0.39, 0.29) is 5.41 Å². The van der Waals surface area contributed by atoms with Crippen molar-refractivity contribution in [2.45, 2.75) is 39.5 Å². The van der Waals surface area contributed by atoms with Gasteiger partial charge in [0.15, 0.2) is 5.84 Å². The second-order valence-electron chi connectivity index (χ2n) is 16.3. The number of benzene rings is 8. The van der Waals surface area contributed by atoms with E-state index in [4.69, 9.17) is 9.98 Å². The molecule has 1 unspecified atom stereocenters. The van der Waals surface area contributed by atoms with Gasteiger partial charge in [0, 0.05) is 22.3 Å². The topological polar surface area (TPSA) is 24.7 Å². The molecule has 0 fully saturated rings. The van der Waals surface area contributed by atoms with Crippen LogP contribution in [-0.4, -0.2) is 11.5 Å². The predicted molar refractivity (Wildman–Crippen MR) is 245 cm³/mol. The highest BCUT2D eigenvalue weighted by Crippen LogP contribution is 2.49. The van der Waals surface area contributed by atoms with Crippen molar-refractivity contribution in [1.82, 2.24) is 0 Å². The first-order chi connectivity index (χ1) is 27.8. The molecular formula is C55H44N2. The molecule has 2 aliphatic rings. The van der Waals surface area contributed by atoms with Crippen LogP contribution in [-0.2, 0) is 5.41 Å². The molecule has 0 radical (unpaired) electrons. The fourth-order valence-corrected chi connectivity index (χ4v) is 9.27. The van der Waals surface area contributed by atoms with Crippen LogP contribution in [0.15, 0.2) is 192 Å². The Bertz CT molecular complexity index is 3090. The molecule has 0 spiro atoms. The summed E-state index contributed by atoms with van der Waals surface area (Å²) < 4.78 is 0. The van der Waals surface area contributed by atoms with Gasteiger partial charge in [-0.25, -0.2) is 9.98 Å². The molecule has 0 N–H and O–H groups in total. The standard InChI is InChI=1S/C55H44N2/c1-34-22-24-37(25-23-34)35(2)56-54(39-28-26-38(27-29-39)40-30-31-46-45-18-12-13-21-51(45)55(4,5)52(46)32-40)57-36(3)49-33-50-43-16-7-6-14-41(43)42-15-8-10-19-47(42)53(50)48-20-11-9-17-44(48)49/h6-22,24-34H,2,23H2,1,3-5H3. The molecule has 10 rings (SSSR count). The SMILES string of the molecule is C=C(N=C(N=C(C)c1cc2c3ccccc3c3ccccc3c2c2ccccc12)c1ccc(-c2ccc3c(c2)C(C)(C)c2ccccc2-3)cc1)C1=CCC(C)C=C1. The van der Waals surface area contributed by atoms with Gasteiger partial charge in [-0.2, -0.15) is 0 Å². The zero-order valence-electron chi connectivity index (χ0n) is 33.0. The average molecular weight is 733 g/mol. The third-order valence-corrected chi connectivity index (χ3v) is 12.4. The number of rotatable bonds is 5. The maximum absolute atomic E-state index is 5.41. The predicted octanol–water partition coefficient (Wildman–Crippen LogP) is 14.6. The van der Waals surface area contributed by atoms with Crippen molar-refractivity contribution in [3.8, 4) is 22.3 Å². The number of fused-ring (bicyclic) bond motifs is 11. The lowest BCUT2D eigenvalue weighted by molar-refractivity contribution is 0.660. The lowest BCUT2D eigenvalue weighted by Crippen LogP contribution is -2.14. The number of aliphatic imine (C=N–C) groups is 2. The summed E-state index contributed by atoms with van der Waals surface area (Å²) in [6.07, 6.45) is 7.61. The van der Waals surface area contributed by atoms with Crippen LogP contribution < -0.4 is 0 Å². The van der Waals surface area contributed by atoms with Crippen LogP contribution in [0.2, 0.25) is 0 Å². The molecule has 0 heterocycles. The van der Waals surface area contributed by atoms with Crippen molar-refractivity contribution in [3.63, 3.8) is 0 Å². The number of nitrogens with zero attached hydrogens (tertiary/aromatic N) is 2. The number of allylic oxidation sites excluding steroid dienone is 3. The van der Waals surface area contributed by atoms with Gasteiger partial charge in [0.1, 0.15) is 0 Å². The maximum atomic E-state index is 5.41. The first-order valence-electron chi connectivity index (χ1n) is 20.1. The fourth-order valence-electron chi connectivity index (χ4n) is 9.27. The van der Waals surface area contributed by atoms with Crippen LogP contribution in [0.25, 0.3) is 65.3 Å². The summed E-state index contributed by atoms with van der Waals surface area (Å²) in [6, 6.07) is 53.2. The van der Waals surface area contributed by atoms with Crippen LogP contribution in [0.1, 0.15) is 56.4 Å². The third kappa shape index (κ3) is 5.78. The lowest BCUT2D eigenvalue weighted by atomic mass is 9.81. The molecule has 2 aliphatic carbocycles. The van der Waals surface area contributed by atoms with Gasteiger partial charge in [-0.05, 0) is 113 Å². The maximum Gasteiger partial charge on any atom is 0.160 e. The minimum atomic E-state index is -0.0549. The fraction of sp³-hybridized carbons (Fsp3) is 0.127. The van der Waals surface area contributed by atoms with Gasteiger partial charge < -0.3 is 0 Å². The molecule has 274 valence electrons. The van der Waals surface area contributed by atoms with Crippen molar-refractivity contribution in [3.05, 3.63) is 204 Å². The minimum absolute atomic E-state index is 0.0549. The van der Waals surface area contributed by atoms with Gasteiger partial charge >= 0.3 is 0 Å². The molecule has 8 aromatic rings. The van der Waals surface area contributed by atoms with E-state index in [1.807, 2.05) is 0 Å². The third-order valence-electron chi connectivity index (χ3n) is 12.4. The van der Waals surface area contributed by atoms with Crippen LogP contribution in [0, 0.1) is 5.92 Å². The summed E-state index contributed by atoms with van der Waals surface area (Å²) in [7, 11) is 0. The van der Waals surface area contributed by atoms with E-state index in [9.17, 15) is 0 Å². The molecule has 0 saturated heterocycles. The van der Waals surface area contributed by atoms with Gasteiger partial charge in [0.2, 0.25) is 0 Å². The first kappa shape index (κ1) is 34.8. The summed E-state index contributed by atoms with van der Waals surface area (Å²) in [4.78, 5) is 10.6. The van der Waals surface area contributed by atoms with E-state index < -0.39 is 0 Å². The first-order valence-corrected chi connectivity index (χ1v) is 20.1. The van der Waals surface area contributed by atoms with Crippen LogP contribution in [0.3, 0.4) is 0 Å². The second-order valence-corrected chi connectivity index (χ2v) is 16.3. The van der Waals surface area contributed by atoms with Crippen molar-refractivity contribution in [1.29, 1.82) is 0 Å². The van der Waals surface area contributed by atoms with Crippen LogP contribution in [0.5, 0.6) is 0 Å². The van der Waals surface area contributed by atoms with Crippen LogP contribution in [0.4, 0.5) is 0 Å². The van der Waals surface area contributed by atoms with Crippen molar-refractivity contribution in [2.24, 2.45) is 15.9 Å². The highest BCUT2D eigenvalue weighted by Gasteiger charge is 2.35. The number of hydrogen-bond donors (Lipinski definition) is 0. The molecule has 0 aliphatic heterocycles. The molecule has 0 amide bonds. The molecule has 0 aromatic heterocycles. The van der Waals surface area contributed by atoms with Crippen molar-refractivity contribution < 1.29 is 0 Å². The summed E-state index contributed by atoms with van der Waals surface area (Å²) in [5.74, 6) is 1.15. The minimum Gasteiger partial charge on any atom is -0.233 e. The van der Waals surface area contributed by atoms with Gasteiger partial charge in [-0.1, -0.05) is 179 Å². The highest BCUT2D eigenvalue weighted by molar-refractivity contribution is 6.34. The lowest BCUT2D eigenvalue weighted by Gasteiger charge is -2.22. The molecule has 2 heteroatoms. The number of amidine groups is 1. The molecule has 0 bridgehead atoms. The quantitative estimate of drug-likeness (QED) is 0.0956. The zero-order valence-corrected chi connectivity index (χ0v) is 33.0. The molecule has 8 aromatic carbocycles. The Morgan fingerprint density at radius 1 is 0.596 bits per heavy atom. The Kier molecular flexibility index (Phi) is 8.27. The molecule has 2 nitrogen and oxygen atoms in total. The Hall–Kier alpha value is -6.64. The van der Waals surface area contributed by atoms with E-state index in [1.165, 1.54) is 76.5 Å². The van der Waals surface area contributed by atoms with Crippen molar-refractivity contribution >= 4 is 54.6 Å². The largest absolute Gasteiger partial charge is 0.233 e.